The first kappa shape index (κ1) is 21.8. The highest BCUT2D eigenvalue weighted by Crippen LogP contribution is 2.41. The molecule has 148 valence electrons. The number of nitrogens with zero attached hydrogens (tertiary/aromatic N) is 1. The van der Waals surface area contributed by atoms with E-state index in [-0.39, 0.29) is 25.0 Å². The second kappa shape index (κ2) is 8.22. The van der Waals surface area contributed by atoms with Crippen LogP contribution in [0.1, 0.15) is 72.2 Å². The van der Waals surface area contributed by atoms with Gasteiger partial charge < -0.3 is 0 Å². The van der Waals surface area contributed by atoms with Gasteiger partial charge in [-0.25, -0.2) is 18.2 Å². The first-order valence-electron chi connectivity index (χ1n) is 9.76. The highest BCUT2D eigenvalue weighted by atomic mass is 28.3. The van der Waals surface area contributed by atoms with Gasteiger partial charge in [0, 0.05) is 12.8 Å². The average Bonchev–Trinajstić information content (AvgIpc) is 2.56. The Hall–Kier alpha value is -1.54. The van der Waals surface area contributed by atoms with E-state index in [0.717, 1.165) is 0 Å². The van der Waals surface area contributed by atoms with Crippen LogP contribution in [0, 0.1) is 17.3 Å². The summed E-state index contributed by atoms with van der Waals surface area (Å²) in [6.07, 6.45) is 0.932. The number of aromatic nitrogens is 1. The van der Waals surface area contributed by atoms with Gasteiger partial charge in [0.2, 0.25) is 0 Å². The first-order chi connectivity index (χ1) is 12.5. The molecule has 0 aliphatic heterocycles. The molecule has 1 heterocycles. The molecule has 1 nitrogen and oxygen atoms in total. The topological polar surface area (TPSA) is 12.9 Å². The lowest BCUT2D eigenvalue weighted by atomic mass is 9.94. The monoisotopic (exact) mass is 393 g/mol. The number of hydrogen-bond donors (Lipinski definition) is 0. The van der Waals surface area contributed by atoms with Crippen LogP contribution in [-0.4, -0.2) is 19.0 Å². The molecule has 0 spiro atoms. The van der Waals surface area contributed by atoms with E-state index in [1.165, 1.54) is 12.1 Å². The van der Waals surface area contributed by atoms with Crippen molar-refractivity contribution >= 4 is 13.6 Å². The molecule has 0 N–H and O–H groups in total. The van der Waals surface area contributed by atoms with E-state index in [0.29, 0.717) is 27.9 Å². The molecule has 5 heteroatoms. The Labute approximate surface area is 162 Å². The number of rotatable bonds is 4. The summed E-state index contributed by atoms with van der Waals surface area (Å²) >= 11 is 0. The number of halogens is 3. The molecule has 1 aliphatic rings. The van der Waals surface area contributed by atoms with Crippen LogP contribution in [0.25, 0.3) is 5.57 Å². The molecule has 27 heavy (non-hydrogen) atoms. The zero-order chi connectivity index (χ0) is 20.4. The standard InChI is InChI=1S/C22H30F3NSi/c1-15(2)27(16(3)4,17(5)6)14-11-19-7-8-20(23)21(26-19)18-9-12-22(24,25)13-10-18/h7-9,15-17H,10,12-13H2,1-6H3. The summed E-state index contributed by atoms with van der Waals surface area (Å²) in [7, 11) is -1.91. The Morgan fingerprint density at radius 1 is 1.04 bits per heavy atom. The van der Waals surface area contributed by atoms with Gasteiger partial charge >= 0.3 is 0 Å². The van der Waals surface area contributed by atoms with Crippen molar-refractivity contribution in [2.24, 2.45) is 0 Å². The SMILES string of the molecule is CC(C)[Si](C#Cc1ccc(F)c(C2=CCC(F)(F)CC2)n1)(C(C)C)C(C)C. The van der Waals surface area contributed by atoms with E-state index in [1.807, 2.05) is 0 Å². The summed E-state index contributed by atoms with van der Waals surface area (Å²) in [4.78, 5) is 4.39. The van der Waals surface area contributed by atoms with E-state index in [9.17, 15) is 13.2 Å². The van der Waals surface area contributed by atoms with E-state index < -0.39 is 19.8 Å². The van der Waals surface area contributed by atoms with Gasteiger partial charge in [0.25, 0.3) is 5.92 Å². The lowest BCUT2D eigenvalue weighted by Crippen LogP contribution is -2.43. The summed E-state index contributed by atoms with van der Waals surface area (Å²) in [6, 6.07) is 2.94. The van der Waals surface area contributed by atoms with Crippen molar-refractivity contribution in [2.75, 3.05) is 0 Å². The van der Waals surface area contributed by atoms with Crippen LogP contribution in [0.5, 0.6) is 0 Å². The van der Waals surface area contributed by atoms with Crippen LogP contribution in [0.2, 0.25) is 16.6 Å². The van der Waals surface area contributed by atoms with Crippen molar-refractivity contribution in [3.05, 3.63) is 35.4 Å². The number of hydrogen-bond acceptors (Lipinski definition) is 1. The fourth-order valence-electron chi connectivity index (χ4n) is 4.35. The predicted octanol–water partition coefficient (Wildman–Crippen LogP) is 6.99. The fraction of sp³-hybridized carbons (Fsp3) is 0.591. The van der Waals surface area contributed by atoms with E-state index in [1.54, 1.807) is 6.07 Å². The third-order valence-electron chi connectivity index (χ3n) is 5.83. The Kier molecular flexibility index (Phi) is 6.62. The van der Waals surface area contributed by atoms with Gasteiger partial charge in [-0.15, -0.1) is 5.54 Å². The molecular formula is C22H30F3NSi. The highest BCUT2D eigenvalue weighted by Gasteiger charge is 2.41. The third-order valence-corrected chi connectivity index (χ3v) is 12.1. The summed E-state index contributed by atoms with van der Waals surface area (Å²) < 4.78 is 41.0. The van der Waals surface area contributed by atoms with Crippen LogP contribution in [0.15, 0.2) is 18.2 Å². The van der Waals surface area contributed by atoms with E-state index in [2.05, 4.69) is 58.0 Å². The van der Waals surface area contributed by atoms with Crippen molar-refractivity contribution < 1.29 is 13.2 Å². The average molecular weight is 394 g/mol. The number of pyridine rings is 1. The zero-order valence-corrected chi connectivity index (χ0v) is 18.2. The fourth-order valence-corrected chi connectivity index (χ4v) is 9.56. The molecule has 0 amide bonds. The number of alkyl halides is 2. The van der Waals surface area contributed by atoms with Crippen molar-refractivity contribution in [1.82, 2.24) is 4.98 Å². The Morgan fingerprint density at radius 2 is 1.63 bits per heavy atom. The van der Waals surface area contributed by atoms with Crippen molar-refractivity contribution in [3.8, 4) is 11.5 Å². The Bertz CT molecular complexity index is 748. The largest absolute Gasteiger partial charge is 0.251 e. The van der Waals surface area contributed by atoms with Crippen LogP contribution in [0.3, 0.4) is 0 Å². The van der Waals surface area contributed by atoms with Crippen LogP contribution in [0.4, 0.5) is 13.2 Å². The van der Waals surface area contributed by atoms with E-state index >= 15 is 0 Å². The third kappa shape index (κ3) is 4.66. The summed E-state index contributed by atoms with van der Waals surface area (Å²) in [6.45, 7) is 13.4. The predicted molar refractivity (Wildman–Crippen MR) is 109 cm³/mol. The molecule has 1 aromatic rings. The lowest BCUT2D eigenvalue weighted by molar-refractivity contribution is -0.00608. The molecule has 0 saturated carbocycles. The first-order valence-corrected chi connectivity index (χ1v) is 12.0. The minimum Gasteiger partial charge on any atom is -0.237 e. The van der Waals surface area contributed by atoms with Gasteiger partial charge in [-0.3, -0.25) is 0 Å². The van der Waals surface area contributed by atoms with Gasteiger partial charge in [-0.2, -0.15) is 0 Å². The van der Waals surface area contributed by atoms with Gasteiger partial charge in [-0.1, -0.05) is 53.5 Å². The minimum atomic E-state index is -2.70. The maximum Gasteiger partial charge on any atom is 0.251 e. The molecule has 1 aromatic heterocycles. The van der Waals surface area contributed by atoms with Crippen molar-refractivity contribution in [3.63, 3.8) is 0 Å². The molecule has 0 saturated heterocycles. The minimum absolute atomic E-state index is 0.135. The van der Waals surface area contributed by atoms with E-state index in [4.69, 9.17) is 0 Å². The molecule has 0 atom stereocenters. The highest BCUT2D eigenvalue weighted by molar-refractivity contribution is 6.90. The van der Waals surface area contributed by atoms with Gasteiger partial charge in [0.05, 0.1) is 0 Å². The summed E-state index contributed by atoms with van der Waals surface area (Å²) in [5, 5.41) is 0. The summed E-state index contributed by atoms with van der Waals surface area (Å²) in [5.41, 5.74) is 6.30. The van der Waals surface area contributed by atoms with Gasteiger partial charge in [-0.05, 0) is 40.8 Å². The summed E-state index contributed by atoms with van der Waals surface area (Å²) in [5.74, 6) is 0.0362. The molecular weight excluding hydrogens is 363 g/mol. The Morgan fingerprint density at radius 3 is 2.11 bits per heavy atom. The van der Waals surface area contributed by atoms with Crippen LogP contribution >= 0.6 is 0 Å². The van der Waals surface area contributed by atoms with Gasteiger partial charge in [0.1, 0.15) is 25.3 Å². The maximum absolute atomic E-state index is 14.3. The molecule has 0 unspecified atom stereocenters. The second-order valence-electron chi connectivity index (χ2n) is 8.46. The molecule has 0 fully saturated rings. The van der Waals surface area contributed by atoms with Crippen molar-refractivity contribution in [2.45, 2.75) is 83.4 Å². The molecule has 2 rings (SSSR count). The quantitative estimate of drug-likeness (QED) is 0.397. The maximum atomic E-state index is 14.3. The van der Waals surface area contributed by atoms with Crippen LogP contribution < -0.4 is 0 Å². The smallest absolute Gasteiger partial charge is 0.237 e. The molecule has 0 radical (unpaired) electrons. The van der Waals surface area contributed by atoms with Gasteiger partial charge in [0.15, 0.2) is 0 Å². The molecule has 1 aliphatic carbocycles. The zero-order valence-electron chi connectivity index (χ0n) is 17.2. The Balaban J connectivity index is 2.43. The van der Waals surface area contributed by atoms with Crippen molar-refractivity contribution in [1.29, 1.82) is 0 Å². The van der Waals surface area contributed by atoms with Crippen LogP contribution in [-0.2, 0) is 0 Å². The molecule has 0 aromatic carbocycles. The normalized spacial score (nSPS) is 17.1. The number of allylic oxidation sites excluding steroid dienone is 2. The second-order valence-corrected chi connectivity index (χ2v) is 14.0. The lowest BCUT2D eigenvalue weighted by Gasteiger charge is -2.38. The molecule has 0 bridgehead atoms.